The van der Waals surface area contributed by atoms with E-state index in [-0.39, 0.29) is 31.1 Å². The van der Waals surface area contributed by atoms with Crippen LogP contribution in [0.2, 0.25) is 0 Å². The van der Waals surface area contributed by atoms with Crippen LogP contribution in [0.5, 0.6) is 0 Å². The third-order valence-corrected chi connectivity index (χ3v) is 14.7. The van der Waals surface area contributed by atoms with E-state index in [1.165, 1.54) is 193 Å². The number of rotatable bonds is 61. The number of esters is 3. The van der Waals surface area contributed by atoms with Crippen LogP contribution >= 0.6 is 0 Å². The second kappa shape index (κ2) is 66.1. The second-order valence-electron chi connectivity index (χ2n) is 22.4. The van der Waals surface area contributed by atoms with E-state index in [1.54, 1.807) is 0 Å². The van der Waals surface area contributed by atoms with Gasteiger partial charge in [-0.05, 0) is 77.0 Å². The molecule has 0 bridgehead atoms. The quantitative estimate of drug-likeness (QED) is 0.0261. The molecule has 0 fully saturated rings. The van der Waals surface area contributed by atoms with Crippen LogP contribution in [0, 0.1) is 0 Å². The van der Waals surface area contributed by atoms with E-state index in [1.807, 2.05) is 0 Å². The molecular formula is C72H126O6. The van der Waals surface area contributed by atoms with Crippen molar-refractivity contribution in [3.8, 4) is 0 Å². The van der Waals surface area contributed by atoms with Gasteiger partial charge in [0.15, 0.2) is 6.10 Å². The molecular weight excluding hydrogens is 961 g/mol. The first-order valence-electron chi connectivity index (χ1n) is 33.6. The third-order valence-electron chi connectivity index (χ3n) is 14.7. The standard InChI is InChI=1S/C72H126O6/c1-4-7-10-13-16-18-20-22-24-26-28-30-31-32-33-34-35-36-37-38-39-40-41-42-44-45-47-49-51-53-56-59-62-65-71(74)77-68-69(67-76-70(73)64-61-58-55-15-12-9-6-3)78-72(75)66-63-60-57-54-52-50-48-46-43-29-27-25-23-21-19-17-14-11-8-5-2/h7,10,16,18,22,24,28,30,32-33,35-36,38-39,69H,4-6,8-9,11-15,17,19-21,23,25-27,29,31,34,37,40-68H2,1-3H3/b10-7-,18-16-,24-22-,30-28-,33-32-,36-35-,39-38-. The van der Waals surface area contributed by atoms with Gasteiger partial charge in [0.1, 0.15) is 13.2 Å². The average molecular weight is 1090 g/mol. The minimum atomic E-state index is -0.772. The first-order chi connectivity index (χ1) is 38.5. The monoisotopic (exact) mass is 1090 g/mol. The Morgan fingerprint density at radius 3 is 0.782 bits per heavy atom. The molecule has 0 aliphatic heterocycles. The number of carbonyl (C=O) groups excluding carboxylic acids is 3. The summed E-state index contributed by atoms with van der Waals surface area (Å²) >= 11 is 0. The minimum Gasteiger partial charge on any atom is -0.462 e. The molecule has 0 aromatic rings. The zero-order valence-corrected chi connectivity index (χ0v) is 51.7. The molecule has 0 heterocycles. The van der Waals surface area contributed by atoms with Gasteiger partial charge in [-0.25, -0.2) is 0 Å². The lowest BCUT2D eigenvalue weighted by Gasteiger charge is -2.18. The lowest BCUT2D eigenvalue weighted by molar-refractivity contribution is -0.167. The van der Waals surface area contributed by atoms with E-state index in [0.29, 0.717) is 19.3 Å². The zero-order chi connectivity index (χ0) is 56.4. The predicted octanol–water partition coefficient (Wildman–Crippen LogP) is 23.1. The molecule has 0 aliphatic rings. The van der Waals surface area contributed by atoms with Crippen LogP contribution in [-0.2, 0) is 28.6 Å². The van der Waals surface area contributed by atoms with Crippen molar-refractivity contribution in [1.29, 1.82) is 0 Å². The van der Waals surface area contributed by atoms with Crippen molar-refractivity contribution in [3.63, 3.8) is 0 Å². The fraction of sp³-hybridized carbons (Fsp3) is 0.764. The number of unbranched alkanes of at least 4 members (excludes halogenated alkanes) is 36. The van der Waals surface area contributed by atoms with Crippen molar-refractivity contribution in [2.45, 2.75) is 341 Å². The van der Waals surface area contributed by atoms with Crippen molar-refractivity contribution < 1.29 is 28.6 Å². The summed E-state index contributed by atoms with van der Waals surface area (Å²) < 4.78 is 16.9. The summed E-state index contributed by atoms with van der Waals surface area (Å²) in [5.41, 5.74) is 0. The van der Waals surface area contributed by atoms with Gasteiger partial charge in [-0.3, -0.25) is 14.4 Å². The van der Waals surface area contributed by atoms with Crippen molar-refractivity contribution >= 4 is 17.9 Å². The van der Waals surface area contributed by atoms with Gasteiger partial charge in [-0.15, -0.1) is 0 Å². The van der Waals surface area contributed by atoms with E-state index in [0.717, 1.165) is 103 Å². The highest BCUT2D eigenvalue weighted by atomic mass is 16.6. The fourth-order valence-electron chi connectivity index (χ4n) is 9.66. The molecule has 1 atom stereocenters. The molecule has 0 aliphatic carbocycles. The zero-order valence-electron chi connectivity index (χ0n) is 51.7. The maximum Gasteiger partial charge on any atom is 0.306 e. The lowest BCUT2D eigenvalue weighted by Crippen LogP contribution is -2.30. The van der Waals surface area contributed by atoms with Gasteiger partial charge >= 0.3 is 17.9 Å². The Hall–Kier alpha value is -3.41. The summed E-state index contributed by atoms with van der Waals surface area (Å²) in [4.78, 5) is 38.1. The molecule has 450 valence electrons. The van der Waals surface area contributed by atoms with Gasteiger partial charge in [0.25, 0.3) is 0 Å². The molecule has 0 aromatic heterocycles. The molecule has 0 amide bonds. The summed E-state index contributed by atoms with van der Waals surface area (Å²) in [6, 6.07) is 0. The van der Waals surface area contributed by atoms with E-state index in [9.17, 15) is 14.4 Å². The Balaban J connectivity index is 4.08. The highest BCUT2D eigenvalue weighted by Crippen LogP contribution is 2.17. The SMILES string of the molecule is CC/C=C\C/C=C\C/C=C\C/C=C\C/C=C\C/C=C\C/C=C\CCCCCCCCCCCCCC(=O)OCC(COC(=O)CCCCCCCCC)OC(=O)CCCCCCCCCCCCCCCCCCCCCC. The molecule has 0 spiro atoms. The van der Waals surface area contributed by atoms with Gasteiger partial charge in [0.05, 0.1) is 0 Å². The molecule has 0 saturated heterocycles. The molecule has 0 aromatic carbocycles. The van der Waals surface area contributed by atoms with Crippen LogP contribution in [-0.4, -0.2) is 37.2 Å². The maximum atomic E-state index is 12.9. The van der Waals surface area contributed by atoms with Gasteiger partial charge in [0, 0.05) is 19.3 Å². The number of carbonyl (C=O) groups is 3. The number of hydrogen-bond acceptors (Lipinski definition) is 6. The number of hydrogen-bond donors (Lipinski definition) is 0. The summed E-state index contributed by atoms with van der Waals surface area (Å²) in [6.07, 6.45) is 87.7. The van der Waals surface area contributed by atoms with Crippen molar-refractivity contribution in [2.75, 3.05) is 13.2 Å². The van der Waals surface area contributed by atoms with Crippen LogP contribution in [0.15, 0.2) is 85.1 Å². The van der Waals surface area contributed by atoms with Crippen molar-refractivity contribution in [3.05, 3.63) is 85.1 Å². The van der Waals surface area contributed by atoms with E-state index < -0.39 is 6.10 Å². The van der Waals surface area contributed by atoms with Crippen molar-refractivity contribution in [2.24, 2.45) is 0 Å². The largest absolute Gasteiger partial charge is 0.462 e. The van der Waals surface area contributed by atoms with Gasteiger partial charge in [-0.2, -0.15) is 0 Å². The predicted molar refractivity (Wildman–Crippen MR) is 339 cm³/mol. The first kappa shape index (κ1) is 74.6. The molecule has 0 N–H and O–H groups in total. The van der Waals surface area contributed by atoms with E-state index >= 15 is 0 Å². The molecule has 0 saturated carbocycles. The number of allylic oxidation sites excluding steroid dienone is 14. The number of ether oxygens (including phenoxy) is 3. The Morgan fingerprint density at radius 1 is 0.269 bits per heavy atom. The van der Waals surface area contributed by atoms with Gasteiger partial charge in [0.2, 0.25) is 0 Å². The van der Waals surface area contributed by atoms with Gasteiger partial charge in [-0.1, -0.05) is 324 Å². The smallest absolute Gasteiger partial charge is 0.306 e. The van der Waals surface area contributed by atoms with Crippen LogP contribution < -0.4 is 0 Å². The average Bonchev–Trinajstić information content (AvgIpc) is 3.44. The summed E-state index contributed by atoms with van der Waals surface area (Å²) in [5, 5.41) is 0. The normalized spacial score (nSPS) is 12.6. The summed E-state index contributed by atoms with van der Waals surface area (Å²) in [6.45, 7) is 6.52. The minimum absolute atomic E-state index is 0.0722. The van der Waals surface area contributed by atoms with Crippen LogP contribution in [0.3, 0.4) is 0 Å². The fourth-order valence-corrected chi connectivity index (χ4v) is 9.66. The maximum absolute atomic E-state index is 12.9. The lowest BCUT2D eigenvalue weighted by atomic mass is 10.0. The molecule has 0 rings (SSSR count). The van der Waals surface area contributed by atoms with E-state index in [4.69, 9.17) is 14.2 Å². The van der Waals surface area contributed by atoms with Crippen molar-refractivity contribution in [1.82, 2.24) is 0 Å². The molecule has 6 nitrogen and oxygen atoms in total. The van der Waals surface area contributed by atoms with Crippen LogP contribution in [0.25, 0.3) is 0 Å². The Bertz CT molecular complexity index is 1480. The highest BCUT2D eigenvalue weighted by Gasteiger charge is 2.19. The topological polar surface area (TPSA) is 78.9 Å². The molecule has 6 heteroatoms. The van der Waals surface area contributed by atoms with Gasteiger partial charge < -0.3 is 14.2 Å². The first-order valence-corrected chi connectivity index (χ1v) is 33.6. The molecule has 1 unspecified atom stereocenters. The van der Waals surface area contributed by atoms with E-state index in [2.05, 4.69) is 106 Å². The summed E-state index contributed by atoms with van der Waals surface area (Å²) in [5.74, 6) is -0.865. The highest BCUT2D eigenvalue weighted by molar-refractivity contribution is 5.71. The molecule has 0 radical (unpaired) electrons. The second-order valence-corrected chi connectivity index (χ2v) is 22.4. The Morgan fingerprint density at radius 2 is 0.500 bits per heavy atom. The molecule has 78 heavy (non-hydrogen) atoms. The van der Waals surface area contributed by atoms with Crippen LogP contribution in [0.1, 0.15) is 335 Å². The third kappa shape index (κ3) is 63.4. The Kier molecular flexibility index (Phi) is 63.2. The Labute approximate surface area is 484 Å². The van der Waals surface area contributed by atoms with Crippen LogP contribution in [0.4, 0.5) is 0 Å². The summed E-state index contributed by atoms with van der Waals surface area (Å²) in [7, 11) is 0.